The second kappa shape index (κ2) is 7.78. The smallest absolute Gasteiger partial charge is 0.347 e. The Morgan fingerprint density at radius 2 is 2.19 bits per heavy atom. The quantitative estimate of drug-likeness (QED) is 0.603. The van der Waals surface area contributed by atoms with Gasteiger partial charge in [-0.25, -0.2) is 14.6 Å². The van der Waals surface area contributed by atoms with E-state index in [-0.39, 0.29) is 19.4 Å². The van der Waals surface area contributed by atoms with E-state index in [4.69, 9.17) is 5.11 Å². The Labute approximate surface area is 119 Å². The molecule has 1 rings (SSSR count). The van der Waals surface area contributed by atoms with Crippen LogP contribution in [0.15, 0.2) is 23.3 Å². The first-order chi connectivity index (χ1) is 9.93. The van der Waals surface area contributed by atoms with Gasteiger partial charge in [-0.05, 0) is 12.5 Å². The molecule has 1 amide bonds. The first-order valence-electron chi connectivity index (χ1n) is 6.04. The number of carboxylic acids is 1. The molecule has 1 unspecified atom stereocenters. The van der Waals surface area contributed by atoms with Crippen LogP contribution in [-0.2, 0) is 25.7 Å². The third-order valence-corrected chi connectivity index (χ3v) is 2.59. The topological polar surface area (TPSA) is 128 Å². The summed E-state index contributed by atoms with van der Waals surface area (Å²) >= 11 is 0. The molecule has 9 heteroatoms. The molecule has 0 fully saturated rings. The highest BCUT2D eigenvalue weighted by Crippen LogP contribution is 2.00. The maximum Gasteiger partial charge on any atom is 0.347 e. The average molecular weight is 297 g/mol. The zero-order valence-corrected chi connectivity index (χ0v) is 11.3. The first kappa shape index (κ1) is 16.3. The summed E-state index contributed by atoms with van der Waals surface area (Å²) in [5, 5.41) is 11.2. The van der Waals surface area contributed by atoms with Gasteiger partial charge in [-0.1, -0.05) is 0 Å². The fraction of sp³-hybridized carbons (Fsp3) is 0.417. The molecule has 2 N–H and O–H groups in total. The van der Waals surface area contributed by atoms with Crippen LogP contribution in [0.2, 0.25) is 0 Å². The highest BCUT2D eigenvalue weighted by atomic mass is 16.5. The largest absolute Gasteiger partial charge is 0.480 e. The molecule has 0 aliphatic rings. The minimum atomic E-state index is -1.27. The molecule has 0 radical (unpaired) electrons. The summed E-state index contributed by atoms with van der Waals surface area (Å²) in [6.07, 6.45) is 2.41. The zero-order chi connectivity index (χ0) is 15.8. The van der Waals surface area contributed by atoms with E-state index in [0.717, 1.165) is 4.57 Å². The number of aliphatic carboxylic acids is 1. The predicted octanol–water partition coefficient (Wildman–Crippen LogP) is -1.23. The second-order valence-electron chi connectivity index (χ2n) is 4.10. The normalized spacial score (nSPS) is 11.5. The van der Waals surface area contributed by atoms with Gasteiger partial charge in [-0.2, -0.15) is 0 Å². The standard InChI is InChI=1S/C12H15N3O6/c1-21-10(17)4-3-8(11(18)19)14-9(16)7-15-6-2-5-13-12(15)20/h2,5-6,8H,3-4,7H2,1H3,(H,14,16)(H,18,19). The SMILES string of the molecule is COC(=O)CCC(NC(=O)Cn1cccnc1=O)C(=O)O. The zero-order valence-electron chi connectivity index (χ0n) is 11.3. The van der Waals surface area contributed by atoms with Gasteiger partial charge in [-0.15, -0.1) is 0 Å². The van der Waals surface area contributed by atoms with Gasteiger partial charge in [0.1, 0.15) is 12.6 Å². The Kier molecular flexibility index (Phi) is 6.05. The fourth-order valence-corrected chi connectivity index (χ4v) is 1.52. The molecule has 0 aliphatic carbocycles. The van der Waals surface area contributed by atoms with E-state index in [0.29, 0.717) is 0 Å². The van der Waals surface area contributed by atoms with Crippen LogP contribution in [0, 0.1) is 0 Å². The summed E-state index contributed by atoms with van der Waals surface area (Å²) in [4.78, 5) is 48.5. The van der Waals surface area contributed by atoms with E-state index in [9.17, 15) is 19.2 Å². The Morgan fingerprint density at radius 3 is 2.76 bits per heavy atom. The van der Waals surface area contributed by atoms with Crippen LogP contribution in [0.1, 0.15) is 12.8 Å². The van der Waals surface area contributed by atoms with E-state index in [1.165, 1.54) is 25.6 Å². The van der Waals surface area contributed by atoms with E-state index in [1.54, 1.807) is 0 Å². The van der Waals surface area contributed by atoms with Gasteiger partial charge in [-0.3, -0.25) is 14.2 Å². The lowest BCUT2D eigenvalue weighted by molar-refractivity contribution is -0.144. The molecule has 0 spiro atoms. The van der Waals surface area contributed by atoms with E-state index < -0.39 is 29.6 Å². The maximum absolute atomic E-state index is 11.7. The highest BCUT2D eigenvalue weighted by molar-refractivity contribution is 5.83. The van der Waals surface area contributed by atoms with Gasteiger partial charge >= 0.3 is 17.6 Å². The minimum absolute atomic E-state index is 0.102. The molecular formula is C12H15N3O6. The van der Waals surface area contributed by atoms with Crippen molar-refractivity contribution in [3.8, 4) is 0 Å². The van der Waals surface area contributed by atoms with Gasteiger partial charge < -0.3 is 15.2 Å². The molecule has 1 aromatic heterocycles. The molecule has 0 saturated heterocycles. The average Bonchev–Trinajstić information content (AvgIpc) is 2.45. The number of rotatable bonds is 7. The molecule has 114 valence electrons. The van der Waals surface area contributed by atoms with Crippen molar-refractivity contribution in [2.75, 3.05) is 7.11 Å². The molecule has 9 nitrogen and oxygen atoms in total. The number of methoxy groups -OCH3 is 1. The van der Waals surface area contributed by atoms with Crippen molar-refractivity contribution in [2.24, 2.45) is 0 Å². The van der Waals surface area contributed by atoms with Crippen molar-refractivity contribution in [2.45, 2.75) is 25.4 Å². The van der Waals surface area contributed by atoms with Crippen LogP contribution >= 0.6 is 0 Å². The van der Waals surface area contributed by atoms with E-state index >= 15 is 0 Å². The van der Waals surface area contributed by atoms with Gasteiger partial charge in [0, 0.05) is 18.8 Å². The van der Waals surface area contributed by atoms with Crippen LogP contribution in [0.3, 0.4) is 0 Å². The number of hydrogen-bond donors (Lipinski definition) is 2. The predicted molar refractivity (Wildman–Crippen MR) is 69.3 cm³/mol. The summed E-state index contributed by atoms with van der Waals surface area (Å²) in [5.41, 5.74) is -0.617. The Bertz CT molecular complexity index is 582. The molecule has 21 heavy (non-hydrogen) atoms. The van der Waals surface area contributed by atoms with E-state index in [1.807, 2.05) is 0 Å². The summed E-state index contributed by atoms with van der Waals surface area (Å²) < 4.78 is 5.43. The number of hydrogen-bond acceptors (Lipinski definition) is 6. The van der Waals surface area contributed by atoms with Crippen LogP contribution < -0.4 is 11.0 Å². The number of ether oxygens (including phenoxy) is 1. The highest BCUT2D eigenvalue weighted by Gasteiger charge is 2.21. The van der Waals surface area contributed by atoms with Crippen LogP contribution in [-0.4, -0.2) is 45.7 Å². The maximum atomic E-state index is 11.7. The fourth-order valence-electron chi connectivity index (χ4n) is 1.52. The number of esters is 1. The van der Waals surface area contributed by atoms with Gasteiger partial charge in [0.2, 0.25) is 5.91 Å². The third-order valence-electron chi connectivity index (χ3n) is 2.59. The molecule has 1 heterocycles. The molecule has 0 saturated carbocycles. The van der Waals surface area contributed by atoms with Crippen LogP contribution in [0.25, 0.3) is 0 Å². The van der Waals surface area contributed by atoms with Crippen molar-refractivity contribution in [1.82, 2.24) is 14.9 Å². The second-order valence-corrected chi connectivity index (χ2v) is 4.10. The molecule has 1 aromatic rings. The Hall–Kier alpha value is -2.71. The van der Waals surface area contributed by atoms with Crippen molar-refractivity contribution < 1.29 is 24.2 Å². The first-order valence-corrected chi connectivity index (χ1v) is 6.04. The van der Waals surface area contributed by atoms with Crippen LogP contribution in [0.4, 0.5) is 0 Å². The van der Waals surface area contributed by atoms with Gasteiger partial charge in [0.25, 0.3) is 0 Å². The van der Waals surface area contributed by atoms with Crippen molar-refractivity contribution in [3.05, 3.63) is 28.9 Å². The van der Waals surface area contributed by atoms with Crippen molar-refractivity contribution >= 4 is 17.8 Å². The number of carbonyl (C=O) groups is 3. The van der Waals surface area contributed by atoms with Crippen LogP contribution in [0.5, 0.6) is 0 Å². The lowest BCUT2D eigenvalue weighted by Gasteiger charge is -2.14. The third kappa shape index (κ3) is 5.43. The Balaban J connectivity index is 2.61. The summed E-state index contributed by atoms with van der Waals surface area (Å²) in [6, 6.07) is 0.240. The van der Waals surface area contributed by atoms with E-state index in [2.05, 4.69) is 15.0 Å². The number of nitrogens with one attached hydrogen (secondary N) is 1. The molecule has 0 bridgehead atoms. The minimum Gasteiger partial charge on any atom is -0.480 e. The lowest BCUT2D eigenvalue weighted by Crippen LogP contribution is -2.43. The number of amides is 1. The monoisotopic (exact) mass is 297 g/mol. The molecule has 0 aromatic carbocycles. The molecule has 1 atom stereocenters. The summed E-state index contributed by atoms with van der Waals surface area (Å²) in [5.74, 6) is -2.51. The van der Waals surface area contributed by atoms with Crippen molar-refractivity contribution in [3.63, 3.8) is 0 Å². The molecule has 0 aliphatic heterocycles. The number of aromatic nitrogens is 2. The Morgan fingerprint density at radius 1 is 1.48 bits per heavy atom. The number of carbonyl (C=O) groups excluding carboxylic acids is 2. The van der Waals surface area contributed by atoms with Crippen molar-refractivity contribution in [1.29, 1.82) is 0 Å². The van der Waals surface area contributed by atoms with Gasteiger partial charge in [0.15, 0.2) is 0 Å². The number of carboxylic acid groups (broad SMARTS) is 1. The molecular weight excluding hydrogens is 282 g/mol. The summed E-state index contributed by atoms with van der Waals surface area (Å²) in [6.45, 7) is -0.353. The lowest BCUT2D eigenvalue weighted by atomic mass is 10.1. The van der Waals surface area contributed by atoms with Gasteiger partial charge in [0.05, 0.1) is 7.11 Å². The summed E-state index contributed by atoms with van der Waals surface area (Å²) in [7, 11) is 1.19. The number of nitrogens with zero attached hydrogens (tertiary/aromatic N) is 2.